The third-order valence-corrected chi connectivity index (χ3v) is 7.27. The van der Waals surface area contributed by atoms with E-state index in [0.717, 1.165) is 30.5 Å². The van der Waals surface area contributed by atoms with E-state index in [0.29, 0.717) is 18.0 Å². The van der Waals surface area contributed by atoms with E-state index >= 15 is 0 Å². The Bertz CT molecular complexity index is 821. The Labute approximate surface area is 140 Å². The van der Waals surface area contributed by atoms with E-state index < -0.39 is 22.0 Å². The Kier molecular flexibility index (Phi) is 4.45. The minimum atomic E-state index is -4.63. The highest BCUT2D eigenvalue weighted by Gasteiger charge is 2.36. The summed E-state index contributed by atoms with van der Waals surface area (Å²) in [5, 5.41) is 3.37. The first-order valence-electron chi connectivity index (χ1n) is 7.13. The van der Waals surface area contributed by atoms with Crippen LogP contribution in [0.15, 0.2) is 26.9 Å². The lowest BCUT2D eigenvalue weighted by Gasteiger charge is -2.28. The van der Waals surface area contributed by atoms with Gasteiger partial charge in [0.2, 0.25) is 5.76 Å². The fraction of sp³-hybridized carbons (Fsp3) is 0.462. The number of likely N-dealkylation sites (N-methyl/N-ethyl adjacent to an activating group) is 1. The lowest BCUT2D eigenvalue weighted by molar-refractivity contribution is -0.883. The molecular weight excluding hydrogens is 367 g/mol. The molecule has 11 heteroatoms. The second-order valence-corrected chi connectivity index (χ2v) is 8.80. The van der Waals surface area contributed by atoms with Crippen LogP contribution in [0.5, 0.6) is 0 Å². The first-order valence-corrected chi connectivity index (χ1v) is 9.39. The van der Waals surface area contributed by atoms with Crippen LogP contribution in [-0.4, -0.2) is 51.1 Å². The van der Waals surface area contributed by atoms with Crippen molar-refractivity contribution in [2.24, 2.45) is 0 Å². The minimum absolute atomic E-state index is 0.0309. The molecule has 2 aromatic rings. The normalized spacial score (nSPS) is 18.2. The van der Waals surface area contributed by atoms with Gasteiger partial charge in [0.15, 0.2) is 0 Å². The summed E-state index contributed by atoms with van der Waals surface area (Å²) < 4.78 is 68.6. The van der Waals surface area contributed by atoms with Gasteiger partial charge in [-0.3, -0.25) is 0 Å². The van der Waals surface area contributed by atoms with Crippen molar-refractivity contribution < 1.29 is 31.0 Å². The highest BCUT2D eigenvalue weighted by molar-refractivity contribution is 7.91. The molecule has 1 aliphatic rings. The number of piperazine rings is 1. The second-order valence-electron chi connectivity index (χ2n) is 5.55. The number of hydrogen-bond donors (Lipinski definition) is 1. The molecule has 3 heterocycles. The minimum Gasteiger partial charge on any atom is -0.351 e. The fourth-order valence-electron chi connectivity index (χ4n) is 2.36. The predicted molar refractivity (Wildman–Crippen MR) is 80.2 cm³/mol. The SMILES string of the molecule is C[NH+]1CCN(S(=O)(=O)c2ccc(-c3cc(C(F)(F)F)on3)s2)CC1. The van der Waals surface area contributed by atoms with Gasteiger partial charge in [-0.05, 0) is 12.1 Å². The number of rotatable bonds is 3. The molecule has 2 aromatic heterocycles. The molecule has 1 saturated heterocycles. The van der Waals surface area contributed by atoms with Crippen molar-refractivity contribution in [3.8, 4) is 10.6 Å². The molecule has 6 nitrogen and oxygen atoms in total. The maximum Gasteiger partial charge on any atom is 0.452 e. The zero-order valence-corrected chi connectivity index (χ0v) is 14.3. The summed E-state index contributed by atoms with van der Waals surface area (Å²) in [5.41, 5.74) is -0.0309. The molecule has 0 spiro atoms. The quantitative estimate of drug-likeness (QED) is 0.858. The van der Waals surface area contributed by atoms with Crippen LogP contribution in [0.3, 0.4) is 0 Å². The Morgan fingerprint density at radius 3 is 2.54 bits per heavy atom. The number of halogens is 3. The molecule has 0 unspecified atom stereocenters. The van der Waals surface area contributed by atoms with Gasteiger partial charge in [0.05, 0.1) is 38.1 Å². The maximum atomic E-state index is 12.6. The van der Waals surface area contributed by atoms with Gasteiger partial charge in [0.1, 0.15) is 9.90 Å². The molecule has 1 aliphatic heterocycles. The zero-order chi connectivity index (χ0) is 17.5. The molecular formula is C13H15F3N3O3S2+. The van der Waals surface area contributed by atoms with Crippen LogP contribution < -0.4 is 4.90 Å². The standard InChI is InChI=1S/C13H14F3N3O3S2/c1-18-4-6-19(7-5-18)24(20,21)12-3-2-10(23-12)9-8-11(22-17-9)13(14,15)16/h2-3,8H,4-7H2,1H3/p+1. The van der Waals surface area contributed by atoms with Gasteiger partial charge in [-0.1, -0.05) is 5.16 Å². The Hall–Kier alpha value is -1.43. The van der Waals surface area contributed by atoms with Crippen LogP contribution in [0.1, 0.15) is 5.76 Å². The third kappa shape index (κ3) is 3.34. The summed E-state index contributed by atoms with van der Waals surface area (Å²) in [5.74, 6) is -1.21. The van der Waals surface area contributed by atoms with E-state index in [1.807, 2.05) is 7.05 Å². The van der Waals surface area contributed by atoms with E-state index in [9.17, 15) is 21.6 Å². The number of aromatic nitrogens is 1. The number of thiophene rings is 1. The monoisotopic (exact) mass is 382 g/mol. The molecule has 1 N–H and O–H groups in total. The first-order chi connectivity index (χ1) is 11.2. The Morgan fingerprint density at radius 2 is 1.96 bits per heavy atom. The van der Waals surface area contributed by atoms with Crippen LogP contribution in [0.4, 0.5) is 13.2 Å². The van der Waals surface area contributed by atoms with Crippen LogP contribution in [-0.2, 0) is 16.2 Å². The number of hydrogen-bond acceptors (Lipinski definition) is 5. The molecule has 0 amide bonds. The van der Waals surface area contributed by atoms with Crippen molar-refractivity contribution in [3.63, 3.8) is 0 Å². The van der Waals surface area contributed by atoms with Crippen molar-refractivity contribution >= 4 is 21.4 Å². The number of alkyl halides is 3. The van der Waals surface area contributed by atoms with Gasteiger partial charge >= 0.3 is 6.18 Å². The van der Waals surface area contributed by atoms with E-state index in [4.69, 9.17) is 0 Å². The number of nitrogens with zero attached hydrogens (tertiary/aromatic N) is 2. The highest BCUT2D eigenvalue weighted by atomic mass is 32.2. The molecule has 0 saturated carbocycles. The van der Waals surface area contributed by atoms with E-state index in [1.165, 1.54) is 21.3 Å². The van der Waals surface area contributed by atoms with E-state index in [1.54, 1.807) is 0 Å². The summed E-state index contributed by atoms with van der Waals surface area (Å²) in [6.45, 7) is 2.28. The lowest BCUT2D eigenvalue weighted by Crippen LogP contribution is -3.12. The molecule has 24 heavy (non-hydrogen) atoms. The van der Waals surface area contributed by atoms with Crippen molar-refractivity contribution in [2.45, 2.75) is 10.4 Å². The number of sulfonamides is 1. The van der Waals surface area contributed by atoms with Crippen molar-refractivity contribution in [1.82, 2.24) is 9.46 Å². The Morgan fingerprint density at radius 1 is 1.29 bits per heavy atom. The second kappa shape index (κ2) is 6.14. The van der Waals surface area contributed by atoms with E-state index in [-0.39, 0.29) is 9.90 Å². The van der Waals surface area contributed by atoms with Gasteiger partial charge in [-0.2, -0.15) is 17.5 Å². The molecule has 0 radical (unpaired) electrons. The number of nitrogens with one attached hydrogen (secondary N) is 1. The topological polar surface area (TPSA) is 67.8 Å². The zero-order valence-electron chi connectivity index (χ0n) is 12.6. The fourth-order valence-corrected chi connectivity index (χ4v) is 5.21. The van der Waals surface area contributed by atoms with E-state index in [2.05, 4.69) is 9.68 Å². The smallest absolute Gasteiger partial charge is 0.351 e. The molecule has 0 aromatic carbocycles. The van der Waals surface area contributed by atoms with Gasteiger partial charge in [-0.25, -0.2) is 8.42 Å². The van der Waals surface area contributed by atoms with Crippen LogP contribution in [0.2, 0.25) is 0 Å². The molecule has 3 rings (SSSR count). The summed E-state index contributed by atoms with van der Waals surface area (Å²) in [6.07, 6.45) is -4.63. The van der Waals surface area contributed by atoms with Crippen LogP contribution in [0.25, 0.3) is 10.6 Å². The third-order valence-electron chi connectivity index (χ3n) is 3.79. The summed E-state index contributed by atoms with van der Waals surface area (Å²) in [7, 11) is -1.64. The molecule has 0 atom stereocenters. The summed E-state index contributed by atoms with van der Waals surface area (Å²) in [6, 6.07) is 3.60. The summed E-state index contributed by atoms with van der Waals surface area (Å²) in [4.78, 5) is 1.57. The first kappa shape index (κ1) is 17.4. The average molecular weight is 382 g/mol. The van der Waals surface area contributed by atoms with Gasteiger partial charge in [0.25, 0.3) is 10.0 Å². The summed E-state index contributed by atoms with van der Waals surface area (Å²) >= 11 is 0.885. The average Bonchev–Trinajstić information content (AvgIpc) is 3.16. The van der Waals surface area contributed by atoms with Crippen molar-refractivity contribution in [3.05, 3.63) is 24.0 Å². The lowest BCUT2D eigenvalue weighted by atomic mass is 10.3. The molecule has 0 aliphatic carbocycles. The maximum absolute atomic E-state index is 12.6. The number of quaternary nitrogens is 1. The highest BCUT2D eigenvalue weighted by Crippen LogP contribution is 2.35. The van der Waals surface area contributed by atoms with Gasteiger partial charge in [0, 0.05) is 6.07 Å². The predicted octanol–water partition coefficient (Wildman–Crippen LogP) is 0.941. The molecule has 1 fully saturated rings. The van der Waals surface area contributed by atoms with Crippen LogP contribution >= 0.6 is 11.3 Å². The Balaban J connectivity index is 1.84. The van der Waals surface area contributed by atoms with Gasteiger partial charge < -0.3 is 9.42 Å². The largest absolute Gasteiger partial charge is 0.452 e. The van der Waals surface area contributed by atoms with Gasteiger partial charge in [-0.15, -0.1) is 11.3 Å². The van der Waals surface area contributed by atoms with Crippen molar-refractivity contribution in [2.75, 3.05) is 33.2 Å². The molecule has 0 bridgehead atoms. The van der Waals surface area contributed by atoms with Crippen LogP contribution in [0, 0.1) is 0 Å². The van der Waals surface area contributed by atoms with Crippen molar-refractivity contribution in [1.29, 1.82) is 0 Å². The molecule has 132 valence electrons.